The molecule has 0 amide bonds. The molecular weight excluding hydrogens is 383 g/mol. The van der Waals surface area contributed by atoms with E-state index in [-0.39, 0.29) is 27.7 Å². The van der Waals surface area contributed by atoms with Gasteiger partial charge < -0.3 is 20.4 Å². The van der Waals surface area contributed by atoms with E-state index in [1.165, 1.54) is 6.07 Å². The summed E-state index contributed by atoms with van der Waals surface area (Å²) >= 11 is 0. The average molecular weight is 408 g/mol. The third-order valence-corrected chi connectivity index (χ3v) is 6.43. The van der Waals surface area contributed by atoms with E-state index in [0.717, 1.165) is 44.2 Å². The van der Waals surface area contributed by atoms with Gasteiger partial charge in [0.1, 0.15) is 12.3 Å². The molecule has 1 spiro atoms. The zero-order valence-electron chi connectivity index (χ0n) is 16.8. The van der Waals surface area contributed by atoms with Gasteiger partial charge in [-0.25, -0.2) is 4.39 Å². The van der Waals surface area contributed by atoms with Gasteiger partial charge in [0, 0.05) is 30.7 Å². The molecule has 1 aliphatic heterocycles. The van der Waals surface area contributed by atoms with Gasteiger partial charge in [0.2, 0.25) is 0 Å². The second kappa shape index (κ2) is 7.31. The minimum atomic E-state index is -0.618. The maximum absolute atomic E-state index is 15.2. The van der Waals surface area contributed by atoms with Crippen molar-refractivity contribution in [2.24, 2.45) is 0 Å². The Morgan fingerprint density at radius 1 is 1.27 bits per heavy atom. The van der Waals surface area contributed by atoms with Crippen LogP contribution in [-0.4, -0.2) is 22.7 Å². The smallest absolute Gasteiger partial charge is 0.191 e. The van der Waals surface area contributed by atoms with E-state index >= 15 is 4.39 Å². The van der Waals surface area contributed by atoms with Crippen molar-refractivity contribution in [2.45, 2.75) is 44.1 Å². The zero-order valence-corrected chi connectivity index (χ0v) is 16.8. The number of anilines is 2. The Hall–Kier alpha value is -3.09. The summed E-state index contributed by atoms with van der Waals surface area (Å²) in [4.78, 5) is 16.9. The molecule has 1 saturated carbocycles. The number of halogens is 1. The molecule has 0 bridgehead atoms. The molecule has 0 unspecified atom stereocenters. The topological polar surface area (TPSA) is 82.2 Å². The molecular formula is C23H25FN4O2. The lowest BCUT2D eigenvalue weighted by Gasteiger charge is -2.38. The van der Waals surface area contributed by atoms with E-state index in [2.05, 4.69) is 14.9 Å². The van der Waals surface area contributed by atoms with E-state index in [1.54, 1.807) is 6.20 Å². The normalized spacial score (nSPS) is 16.7. The highest BCUT2D eigenvalue weighted by Crippen LogP contribution is 2.48. The van der Waals surface area contributed by atoms with Crippen molar-refractivity contribution in [2.75, 3.05) is 24.2 Å². The van der Waals surface area contributed by atoms with Crippen molar-refractivity contribution in [1.82, 2.24) is 9.55 Å². The number of aryl methyl sites for hydroxylation is 1. The van der Waals surface area contributed by atoms with Crippen LogP contribution in [0.3, 0.4) is 0 Å². The quantitative estimate of drug-likeness (QED) is 0.495. The number of benzene rings is 1. The number of aromatic nitrogens is 2. The van der Waals surface area contributed by atoms with Crippen molar-refractivity contribution in [3.05, 3.63) is 58.4 Å². The summed E-state index contributed by atoms with van der Waals surface area (Å²) < 4.78 is 23.5. The molecule has 3 heterocycles. The number of nitrogens with zero attached hydrogens (tertiary/aromatic N) is 2. The Labute approximate surface area is 173 Å². The summed E-state index contributed by atoms with van der Waals surface area (Å²) in [6.45, 7) is 1.01. The van der Waals surface area contributed by atoms with Gasteiger partial charge in [0.25, 0.3) is 0 Å². The first-order valence-corrected chi connectivity index (χ1v) is 10.5. The molecule has 7 heteroatoms. The number of nitrogens with two attached hydrogens (primary N) is 1. The van der Waals surface area contributed by atoms with E-state index in [1.807, 2.05) is 24.4 Å². The van der Waals surface area contributed by atoms with E-state index in [0.29, 0.717) is 24.4 Å². The minimum absolute atomic E-state index is 0.112. The van der Waals surface area contributed by atoms with E-state index in [4.69, 9.17) is 10.5 Å². The van der Waals surface area contributed by atoms with Crippen molar-refractivity contribution in [1.29, 1.82) is 0 Å². The Kier molecular flexibility index (Phi) is 4.60. The summed E-state index contributed by atoms with van der Waals surface area (Å²) in [7, 11) is 0. The van der Waals surface area contributed by atoms with Crippen LogP contribution in [0.2, 0.25) is 0 Å². The Bertz CT molecular complexity index is 1150. The van der Waals surface area contributed by atoms with Crippen LogP contribution in [0.1, 0.15) is 37.8 Å². The molecule has 0 radical (unpaired) electrons. The van der Waals surface area contributed by atoms with Crippen molar-refractivity contribution < 1.29 is 9.13 Å². The van der Waals surface area contributed by atoms with Crippen LogP contribution >= 0.6 is 0 Å². The van der Waals surface area contributed by atoms with Gasteiger partial charge in [0.15, 0.2) is 17.0 Å². The first-order chi connectivity index (χ1) is 14.6. The molecule has 2 aliphatic rings. The molecule has 0 saturated heterocycles. The first kappa shape index (κ1) is 18.9. The van der Waals surface area contributed by atoms with Crippen LogP contribution in [0.5, 0.6) is 5.75 Å². The Morgan fingerprint density at radius 2 is 2.10 bits per heavy atom. The summed E-state index contributed by atoms with van der Waals surface area (Å²) in [5, 5.41) is 3.39. The van der Waals surface area contributed by atoms with E-state index < -0.39 is 5.82 Å². The highest BCUT2D eigenvalue weighted by molar-refractivity contribution is 6.00. The maximum Gasteiger partial charge on any atom is 0.191 e. The van der Waals surface area contributed by atoms with Crippen molar-refractivity contribution in [3.63, 3.8) is 0 Å². The van der Waals surface area contributed by atoms with Crippen LogP contribution in [0.15, 0.2) is 41.5 Å². The molecule has 156 valence electrons. The SMILES string of the molecule is Nc1c(F)c(NCCCc2ccccn2)c2c3c1c(=O)ccn3C1(CCCC1)CO2. The monoisotopic (exact) mass is 408 g/mol. The van der Waals surface area contributed by atoms with Crippen molar-refractivity contribution in [3.8, 4) is 5.75 Å². The lowest BCUT2D eigenvalue weighted by atomic mass is 9.94. The molecule has 6 nitrogen and oxygen atoms in total. The van der Waals surface area contributed by atoms with Gasteiger partial charge in [-0.05, 0) is 37.8 Å². The minimum Gasteiger partial charge on any atom is -0.487 e. The van der Waals surface area contributed by atoms with Crippen LogP contribution < -0.4 is 21.2 Å². The number of nitrogen functional groups attached to an aromatic ring is 1. The predicted molar refractivity (Wildman–Crippen MR) is 116 cm³/mol. The number of hydrogen-bond acceptors (Lipinski definition) is 5. The Morgan fingerprint density at radius 3 is 2.87 bits per heavy atom. The second-order valence-electron chi connectivity index (χ2n) is 8.28. The number of pyridine rings is 2. The number of hydrogen-bond donors (Lipinski definition) is 2. The third kappa shape index (κ3) is 2.91. The molecule has 0 atom stereocenters. The second-order valence-corrected chi connectivity index (χ2v) is 8.28. The highest BCUT2D eigenvalue weighted by atomic mass is 19.1. The third-order valence-electron chi connectivity index (χ3n) is 6.43. The number of fused-ring (bicyclic) bond motifs is 1. The molecule has 2 aromatic heterocycles. The summed E-state index contributed by atoms with van der Waals surface area (Å²) in [6.07, 6.45) is 9.33. The van der Waals surface area contributed by atoms with Gasteiger partial charge in [-0.2, -0.15) is 0 Å². The van der Waals surface area contributed by atoms with Crippen LogP contribution in [0, 0.1) is 5.82 Å². The van der Waals surface area contributed by atoms with Crippen molar-refractivity contribution >= 4 is 22.3 Å². The summed E-state index contributed by atoms with van der Waals surface area (Å²) in [5.74, 6) is -0.225. The van der Waals surface area contributed by atoms with Gasteiger partial charge in [-0.1, -0.05) is 18.9 Å². The van der Waals surface area contributed by atoms with E-state index in [9.17, 15) is 4.79 Å². The molecule has 1 aromatic carbocycles. The predicted octanol–water partition coefficient (Wildman–Crippen LogP) is 3.82. The van der Waals surface area contributed by atoms with Crippen LogP contribution in [0.25, 0.3) is 10.9 Å². The lowest BCUT2D eigenvalue weighted by molar-refractivity contribution is 0.143. The van der Waals surface area contributed by atoms with Gasteiger partial charge in [-0.3, -0.25) is 9.78 Å². The number of nitrogens with one attached hydrogen (secondary N) is 1. The Balaban J connectivity index is 1.53. The lowest BCUT2D eigenvalue weighted by Crippen LogP contribution is -2.41. The van der Waals surface area contributed by atoms with Gasteiger partial charge in [-0.15, -0.1) is 0 Å². The largest absolute Gasteiger partial charge is 0.487 e. The standard InChI is InChI=1S/C23H25FN4O2/c24-18-19(25)17-16(29)8-13-28-21(17)22(30-14-23(28)9-2-3-10-23)20(18)27-12-5-7-15-6-1-4-11-26-15/h1,4,6,8,11,13,27H,2-3,5,7,9-10,12,14,25H2. The van der Waals surface area contributed by atoms with Crippen LogP contribution in [0.4, 0.5) is 15.8 Å². The molecule has 1 aliphatic carbocycles. The zero-order chi connectivity index (χ0) is 20.7. The fraction of sp³-hybridized carbons (Fsp3) is 0.391. The molecule has 3 N–H and O–H groups in total. The first-order valence-electron chi connectivity index (χ1n) is 10.5. The number of ether oxygens (including phenoxy) is 1. The summed E-state index contributed by atoms with van der Waals surface area (Å²) in [6, 6.07) is 7.30. The van der Waals surface area contributed by atoms with Gasteiger partial charge in [0.05, 0.1) is 22.1 Å². The number of rotatable bonds is 5. The van der Waals surface area contributed by atoms with Crippen LogP contribution in [-0.2, 0) is 12.0 Å². The molecule has 3 aromatic rings. The average Bonchev–Trinajstić information content (AvgIpc) is 3.23. The fourth-order valence-corrected chi connectivity index (χ4v) is 4.90. The fourth-order valence-electron chi connectivity index (χ4n) is 4.90. The summed E-state index contributed by atoms with van der Waals surface area (Å²) in [5.41, 5.74) is 7.40. The molecule has 1 fully saturated rings. The van der Waals surface area contributed by atoms with Gasteiger partial charge >= 0.3 is 0 Å². The highest BCUT2D eigenvalue weighted by Gasteiger charge is 2.41. The maximum atomic E-state index is 15.2. The molecule has 5 rings (SSSR count). The molecule has 30 heavy (non-hydrogen) atoms.